The van der Waals surface area contributed by atoms with Crippen LogP contribution in [0.5, 0.6) is 0 Å². The molecule has 0 heterocycles. The maximum atomic E-state index is 5.29. The molecule has 0 aromatic rings. The smallest absolute Gasteiger partial charge is 0.0465 e. The molecule has 20 heavy (non-hydrogen) atoms. The zero-order chi connectivity index (χ0) is 15.2. The van der Waals surface area contributed by atoms with Gasteiger partial charge in [0.1, 0.15) is 0 Å². The van der Waals surface area contributed by atoms with Gasteiger partial charge in [0.2, 0.25) is 0 Å². The van der Waals surface area contributed by atoms with Gasteiger partial charge in [-0.25, -0.2) is 0 Å². The molecule has 1 fully saturated rings. The molecule has 0 bridgehead atoms. The molecule has 0 aliphatic heterocycles. The van der Waals surface area contributed by atoms with Crippen LogP contribution in [0.15, 0.2) is 0 Å². The minimum Gasteiger partial charge on any atom is -0.385 e. The molecule has 2 heteroatoms. The minimum absolute atomic E-state index is 0.393. The molecule has 1 saturated carbocycles. The van der Waals surface area contributed by atoms with E-state index in [0.29, 0.717) is 17.4 Å². The van der Waals surface area contributed by atoms with Crippen LogP contribution in [-0.4, -0.2) is 26.3 Å². The first-order chi connectivity index (χ1) is 9.43. The summed E-state index contributed by atoms with van der Waals surface area (Å²) in [4.78, 5) is 0. The fourth-order valence-corrected chi connectivity index (χ4v) is 3.86. The molecule has 2 nitrogen and oxygen atoms in total. The Morgan fingerprint density at radius 2 is 2.00 bits per heavy atom. The number of rotatable bonds is 8. The lowest BCUT2D eigenvalue weighted by atomic mass is 9.61. The number of hydrogen-bond acceptors (Lipinski definition) is 2. The Labute approximate surface area is 127 Å². The van der Waals surface area contributed by atoms with E-state index in [0.717, 1.165) is 25.0 Å². The Morgan fingerprint density at radius 1 is 1.30 bits per heavy atom. The maximum absolute atomic E-state index is 5.29. The van der Waals surface area contributed by atoms with Crippen molar-refractivity contribution in [3.8, 4) is 0 Å². The molecule has 1 rings (SSSR count). The van der Waals surface area contributed by atoms with Gasteiger partial charge in [-0.1, -0.05) is 41.0 Å². The van der Waals surface area contributed by atoms with Crippen molar-refractivity contribution < 1.29 is 4.74 Å². The predicted molar refractivity (Wildman–Crippen MR) is 88.0 cm³/mol. The molecule has 0 saturated heterocycles. The topological polar surface area (TPSA) is 21.3 Å². The SMILES string of the molecule is CCCNC1CC(C)CCC1C(C)(C)C(C)CCOC. The average molecular weight is 284 g/mol. The first kappa shape index (κ1) is 18.0. The molecule has 0 radical (unpaired) electrons. The number of methoxy groups -OCH3 is 1. The van der Waals surface area contributed by atoms with Crippen molar-refractivity contribution >= 4 is 0 Å². The third kappa shape index (κ3) is 4.73. The van der Waals surface area contributed by atoms with E-state index in [9.17, 15) is 0 Å². The summed E-state index contributed by atoms with van der Waals surface area (Å²) in [6.07, 6.45) is 6.54. The summed E-state index contributed by atoms with van der Waals surface area (Å²) in [6.45, 7) is 14.1. The van der Waals surface area contributed by atoms with Gasteiger partial charge in [0, 0.05) is 19.8 Å². The fraction of sp³-hybridized carbons (Fsp3) is 1.00. The molecule has 0 aromatic heterocycles. The zero-order valence-corrected chi connectivity index (χ0v) is 14.7. The number of nitrogens with one attached hydrogen (secondary N) is 1. The van der Waals surface area contributed by atoms with Crippen LogP contribution in [0.4, 0.5) is 0 Å². The normalized spacial score (nSPS) is 29.4. The molecule has 1 aliphatic carbocycles. The van der Waals surface area contributed by atoms with Gasteiger partial charge in [0.05, 0.1) is 0 Å². The van der Waals surface area contributed by atoms with E-state index in [4.69, 9.17) is 4.74 Å². The molecular weight excluding hydrogens is 246 g/mol. The van der Waals surface area contributed by atoms with Crippen LogP contribution in [-0.2, 0) is 4.74 Å². The van der Waals surface area contributed by atoms with Gasteiger partial charge in [-0.3, -0.25) is 0 Å². The zero-order valence-electron chi connectivity index (χ0n) is 14.7. The molecule has 0 amide bonds. The Balaban J connectivity index is 2.71. The summed E-state index contributed by atoms with van der Waals surface area (Å²) in [7, 11) is 1.81. The minimum atomic E-state index is 0.393. The van der Waals surface area contributed by atoms with Crippen molar-refractivity contribution in [1.82, 2.24) is 5.32 Å². The summed E-state index contributed by atoms with van der Waals surface area (Å²) in [5.41, 5.74) is 0.393. The van der Waals surface area contributed by atoms with Gasteiger partial charge >= 0.3 is 0 Å². The van der Waals surface area contributed by atoms with Crippen molar-refractivity contribution in [3.05, 3.63) is 0 Å². The molecule has 1 N–H and O–H groups in total. The first-order valence-corrected chi connectivity index (χ1v) is 8.65. The first-order valence-electron chi connectivity index (χ1n) is 8.65. The van der Waals surface area contributed by atoms with Crippen molar-refractivity contribution in [2.45, 2.75) is 72.8 Å². The van der Waals surface area contributed by atoms with Crippen LogP contribution in [0.3, 0.4) is 0 Å². The Bertz CT molecular complexity index is 264. The molecule has 4 atom stereocenters. The van der Waals surface area contributed by atoms with Crippen LogP contribution in [0, 0.1) is 23.2 Å². The molecule has 0 aromatic carbocycles. The van der Waals surface area contributed by atoms with Gasteiger partial charge in [-0.2, -0.15) is 0 Å². The number of ether oxygens (including phenoxy) is 1. The maximum Gasteiger partial charge on any atom is 0.0465 e. The van der Waals surface area contributed by atoms with Crippen LogP contribution in [0.1, 0.15) is 66.7 Å². The van der Waals surface area contributed by atoms with Crippen molar-refractivity contribution in [2.24, 2.45) is 23.2 Å². The summed E-state index contributed by atoms with van der Waals surface area (Å²) < 4.78 is 5.29. The molecule has 1 aliphatic rings. The van der Waals surface area contributed by atoms with Crippen molar-refractivity contribution in [3.63, 3.8) is 0 Å². The van der Waals surface area contributed by atoms with E-state index in [-0.39, 0.29) is 0 Å². The third-order valence-electron chi connectivity index (χ3n) is 5.75. The lowest BCUT2D eigenvalue weighted by Crippen LogP contribution is -2.49. The second-order valence-electron chi connectivity index (χ2n) is 7.59. The van der Waals surface area contributed by atoms with Crippen LogP contribution in [0.25, 0.3) is 0 Å². The van der Waals surface area contributed by atoms with Crippen LogP contribution >= 0.6 is 0 Å². The van der Waals surface area contributed by atoms with E-state index < -0.39 is 0 Å². The van der Waals surface area contributed by atoms with Crippen molar-refractivity contribution in [1.29, 1.82) is 0 Å². The van der Waals surface area contributed by atoms with Crippen LogP contribution in [0.2, 0.25) is 0 Å². The van der Waals surface area contributed by atoms with E-state index >= 15 is 0 Å². The molecule has 4 unspecified atom stereocenters. The third-order valence-corrected chi connectivity index (χ3v) is 5.75. The lowest BCUT2D eigenvalue weighted by Gasteiger charge is -2.47. The summed E-state index contributed by atoms with van der Waals surface area (Å²) in [5.74, 6) is 2.40. The van der Waals surface area contributed by atoms with E-state index in [1.165, 1.54) is 32.1 Å². The fourth-order valence-electron chi connectivity index (χ4n) is 3.86. The number of hydrogen-bond donors (Lipinski definition) is 1. The Hall–Kier alpha value is -0.0800. The highest BCUT2D eigenvalue weighted by atomic mass is 16.5. The largest absolute Gasteiger partial charge is 0.385 e. The van der Waals surface area contributed by atoms with Gasteiger partial charge in [0.15, 0.2) is 0 Å². The van der Waals surface area contributed by atoms with Gasteiger partial charge in [-0.15, -0.1) is 0 Å². The predicted octanol–water partition coefficient (Wildman–Crippen LogP) is 4.49. The highest BCUT2D eigenvalue weighted by Gasteiger charge is 2.41. The highest BCUT2D eigenvalue weighted by Crippen LogP contribution is 2.45. The highest BCUT2D eigenvalue weighted by molar-refractivity contribution is 4.94. The molecule has 0 spiro atoms. The molecular formula is C18H37NO. The van der Waals surface area contributed by atoms with E-state index in [1.54, 1.807) is 0 Å². The lowest BCUT2D eigenvalue weighted by molar-refractivity contribution is 0.0343. The summed E-state index contributed by atoms with van der Waals surface area (Å²) in [5, 5.41) is 3.84. The summed E-state index contributed by atoms with van der Waals surface area (Å²) >= 11 is 0. The van der Waals surface area contributed by atoms with Crippen molar-refractivity contribution in [2.75, 3.05) is 20.3 Å². The van der Waals surface area contributed by atoms with E-state index in [1.807, 2.05) is 7.11 Å². The monoisotopic (exact) mass is 283 g/mol. The van der Waals surface area contributed by atoms with Gasteiger partial charge < -0.3 is 10.1 Å². The standard InChI is InChI=1S/C18H37NO/c1-7-11-19-17-13-14(2)8-9-16(17)18(4,5)15(3)10-12-20-6/h14-17,19H,7-13H2,1-6H3. The average Bonchev–Trinajstić information content (AvgIpc) is 2.42. The second kappa shape index (κ2) is 8.38. The van der Waals surface area contributed by atoms with Gasteiger partial charge in [-0.05, 0) is 55.4 Å². The second-order valence-corrected chi connectivity index (χ2v) is 7.59. The van der Waals surface area contributed by atoms with Crippen LogP contribution < -0.4 is 5.32 Å². The van der Waals surface area contributed by atoms with Gasteiger partial charge in [0.25, 0.3) is 0 Å². The van der Waals surface area contributed by atoms with E-state index in [2.05, 4.69) is 39.9 Å². The quantitative estimate of drug-likeness (QED) is 0.708. The Morgan fingerprint density at radius 3 is 2.60 bits per heavy atom. The molecule has 120 valence electrons. The summed E-state index contributed by atoms with van der Waals surface area (Å²) in [6, 6.07) is 0.707. The Kier molecular flexibility index (Phi) is 7.53.